The number of halogens is 2. The second-order valence-electron chi connectivity index (χ2n) is 5.67. The van der Waals surface area contributed by atoms with Gasteiger partial charge in [-0.25, -0.2) is 13.6 Å². The highest BCUT2D eigenvalue weighted by molar-refractivity contribution is 7.99. The molecule has 2 aromatic rings. The number of amides is 3. The van der Waals surface area contributed by atoms with Crippen LogP contribution in [-0.4, -0.2) is 30.8 Å². The maximum absolute atomic E-state index is 12.8. The zero-order valence-electron chi connectivity index (χ0n) is 14.6. The number of hydrogen-bond acceptors (Lipinski definition) is 3. The molecule has 5 nitrogen and oxygen atoms in total. The fraction of sp³-hybridized carbons (Fsp3) is 0.263. The Morgan fingerprint density at radius 2 is 1.48 bits per heavy atom. The van der Waals surface area contributed by atoms with E-state index in [2.05, 4.69) is 16.0 Å². The SMILES string of the molecule is O=C(CNC(=O)NCc1ccc(F)cc1)NCCCSc1ccc(F)cc1. The van der Waals surface area contributed by atoms with Crippen molar-refractivity contribution in [2.24, 2.45) is 0 Å². The summed E-state index contributed by atoms with van der Waals surface area (Å²) in [5.74, 6) is -0.0900. The van der Waals surface area contributed by atoms with E-state index in [1.807, 2.05) is 0 Å². The highest BCUT2D eigenvalue weighted by atomic mass is 32.2. The molecule has 0 aliphatic carbocycles. The molecule has 0 aliphatic heterocycles. The topological polar surface area (TPSA) is 70.2 Å². The van der Waals surface area contributed by atoms with Gasteiger partial charge in [-0.05, 0) is 54.1 Å². The lowest BCUT2D eigenvalue weighted by Crippen LogP contribution is -2.42. The van der Waals surface area contributed by atoms with E-state index in [0.717, 1.165) is 22.6 Å². The minimum atomic E-state index is -0.471. The largest absolute Gasteiger partial charge is 0.355 e. The Balaban J connectivity index is 1.51. The van der Waals surface area contributed by atoms with Gasteiger partial charge < -0.3 is 16.0 Å². The first kappa shape index (κ1) is 20.7. The Hall–Kier alpha value is -2.61. The molecule has 2 rings (SSSR count). The summed E-state index contributed by atoms with van der Waals surface area (Å²) in [4.78, 5) is 24.3. The Morgan fingerprint density at radius 1 is 0.852 bits per heavy atom. The standard InChI is InChI=1S/C19H21F2N3O2S/c20-15-4-2-14(3-5-15)12-23-19(26)24-13-18(25)22-10-1-11-27-17-8-6-16(21)7-9-17/h2-9H,1,10-13H2,(H,22,25)(H2,23,24,26). The molecule has 0 heterocycles. The van der Waals surface area contributed by atoms with Crippen molar-refractivity contribution < 1.29 is 18.4 Å². The maximum atomic E-state index is 12.8. The molecule has 144 valence electrons. The van der Waals surface area contributed by atoms with Gasteiger partial charge in [0, 0.05) is 18.0 Å². The number of urea groups is 1. The van der Waals surface area contributed by atoms with Gasteiger partial charge in [0.25, 0.3) is 0 Å². The lowest BCUT2D eigenvalue weighted by atomic mass is 10.2. The van der Waals surface area contributed by atoms with Gasteiger partial charge in [-0.1, -0.05) is 12.1 Å². The van der Waals surface area contributed by atoms with Crippen molar-refractivity contribution in [2.75, 3.05) is 18.8 Å². The van der Waals surface area contributed by atoms with Gasteiger partial charge in [-0.3, -0.25) is 4.79 Å². The van der Waals surface area contributed by atoms with Gasteiger partial charge in [0.05, 0.1) is 6.54 Å². The number of hydrogen-bond donors (Lipinski definition) is 3. The quantitative estimate of drug-likeness (QED) is 0.453. The molecule has 0 bridgehead atoms. The van der Waals surface area contributed by atoms with E-state index in [1.165, 1.54) is 24.3 Å². The second-order valence-corrected chi connectivity index (χ2v) is 6.84. The van der Waals surface area contributed by atoms with Crippen molar-refractivity contribution in [1.82, 2.24) is 16.0 Å². The van der Waals surface area contributed by atoms with Gasteiger partial charge in [-0.15, -0.1) is 11.8 Å². The van der Waals surface area contributed by atoms with Crippen molar-refractivity contribution in [3.8, 4) is 0 Å². The molecular weight excluding hydrogens is 372 g/mol. The number of benzene rings is 2. The molecule has 0 saturated heterocycles. The predicted molar refractivity (Wildman–Crippen MR) is 101 cm³/mol. The molecule has 0 aliphatic rings. The molecule has 3 N–H and O–H groups in total. The fourth-order valence-electron chi connectivity index (χ4n) is 2.09. The van der Waals surface area contributed by atoms with Gasteiger partial charge in [-0.2, -0.15) is 0 Å². The summed E-state index contributed by atoms with van der Waals surface area (Å²) in [6.45, 7) is 0.612. The smallest absolute Gasteiger partial charge is 0.315 e. The van der Waals surface area contributed by atoms with Crippen molar-refractivity contribution in [3.63, 3.8) is 0 Å². The van der Waals surface area contributed by atoms with E-state index in [1.54, 1.807) is 36.0 Å². The van der Waals surface area contributed by atoms with E-state index >= 15 is 0 Å². The molecule has 0 aromatic heterocycles. The van der Waals surface area contributed by atoms with E-state index in [-0.39, 0.29) is 30.6 Å². The fourth-order valence-corrected chi connectivity index (χ4v) is 2.94. The average molecular weight is 393 g/mol. The first-order valence-corrected chi connectivity index (χ1v) is 9.43. The number of carbonyl (C=O) groups is 2. The zero-order valence-corrected chi connectivity index (χ0v) is 15.5. The van der Waals surface area contributed by atoms with Crippen LogP contribution in [0.1, 0.15) is 12.0 Å². The monoisotopic (exact) mass is 393 g/mol. The van der Waals surface area contributed by atoms with Crippen LogP contribution in [0.5, 0.6) is 0 Å². The summed E-state index contributed by atoms with van der Waals surface area (Å²) in [6.07, 6.45) is 0.755. The summed E-state index contributed by atoms with van der Waals surface area (Å²) in [5.41, 5.74) is 0.759. The van der Waals surface area contributed by atoms with Crippen LogP contribution in [0.15, 0.2) is 53.4 Å². The Morgan fingerprint density at radius 3 is 2.15 bits per heavy atom. The minimum Gasteiger partial charge on any atom is -0.355 e. The Kier molecular flexibility index (Phi) is 8.57. The average Bonchev–Trinajstić information content (AvgIpc) is 2.67. The zero-order chi connectivity index (χ0) is 19.5. The van der Waals surface area contributed by atoms with Crippen LogP contribution >= 0.6 is 11.8 Å². The highest BCUT2D eigenvalue weighted by Gasteiger charge is 2.05. The van der Waals surface area contributed by atoms with E-state index in [9.17, 15) is 18.4 Å². The summed E-state index contributed by atoms with van der Waals surface area (Å²) in [6, 6.07) is 11.6. The van der Waals surface area contributed by atoms with Crippen molar-refractivity contribution in [1.29, 1.82) is 0 Å². The molecular formula is C19H21F2N3O2S. The number of rotatable bonds is 9. The third-order valence-corrected chi connectivity index (χ3v) is 4.60. The van der Waals surface area contributed by atoms with Crippen molar-refractivity contribution in [3.05, 3.63) is 65.7 Å². The first-order valence-electron chi connectivity index (χ1n) is 8.44. The molecule has 8 heteroatoms. The van der Waals surface area contributed by atoms with E-state index < -0.39 is 6.03 Å². The molecule has 0 unspecified atom stereocenters. The number of carbonyl (C=O) groups excluding carboxylic acids is 2. The second kappa shape index (κ2) is 11.2. The third-order valence-electron chi connectivity index (χ3n) is 3.50. The number of nitrogens with one attached hydrogen (secondary N) is 3. The van der Waals surface area contributed by atoms with Gasteiger partial charge in [0.2, 0.25) is 5.91 Å². The maximum Gasteiger partial charge on any atom is 0.315 e. The van der Waals surface area contributed by atoms with Crippen LogP contribution in [0.25, 0.3) is 0 Å². The highest BCUT2D eigenvalue weighted by Crippen LogP contribution is 2.18. The van der Waals surface area contributed by atoms with Crippen LogP contribution in [0.4, 0.5) is 13.6 Å². The summed E-state index contributed by atoms with van der Waals surface area (Å²) < 4.78 is 25.6. The molecule has 3 amide bonds. The lowest BCUT2D eigenvalue weighted by molar-refractivity contribution is -0.120. The lowest BCUT2D eigenvalue weighted by Gasteiger charge is -2.08. The molecule has 2 aromatic carbocycles. The van der Waals surface area contributed by atoms with E-state index in [4.69, 9.17) is 0 Å². The third kappa shape index (κ3) is 8.54. The molecule has 0 radical (unpaired) electrons. The van der Waals surface area contributed by atoms with E-state index in [0.29, 0.717) is 6.54 Å². The van der Waals surface area contributed by atoms with Crippen LogP contribution in [-0.2, 0) is 11.3 Å². The van der Waals surface area contributed by atoms with Crippen LogP contribution < -0.4 is 16.0 Å². The van der Waals surface area contributed by atoms with Gasteiger partial charge >= 0.3 is 6.03 Å². The summed E-state index contributed by atoms with van der Waals surface area (Å²) in [5, 5.41) is 7.77. The van der Waals surface area contributed by atoms with Crippen LogP contribution in [0.2, 0.25) is 0 Å². The normalized spacial score (nSPS) is 10.3. The van der Waals surface area contributed by atoms with Crippen LogP contribution in [0, 0.1) is 11.6 Å². The number of thioether (sulfide) groups is 1. The van der Waals surface area contributed by atoms with Crippen molar-refractivity contribution in [2.45, 2.75) is 17.9 Å². The predicted octanol–water partition coefficient (Wildman–Crippen LogP) is 3.06. The Labute approximate surface area is 160 Å². The molecule has 0 atom stereocenters. The van der Waals surface area contributed by atoms with Gasteiger partial charge in [0.1, 0.15) is 11.6 Å². The molecule has 0 saturated carbocycles. The molecule has 27 heavy (non-hydrogen) atoms. The minimum absolute atomic E-state index is 0.125. The Bertz CT molecular complexity index is 740. The molecule has 0 spiro atoms. The van der Waals surface area contributed by atoms with Crippen molar-refractivity contribution >= 4 is 23.7 Å². The van der Waals surface area contributed by atoms with Gasteiger partial charge in [0.15, 0.2) is 0 Å². The molecule has 0 fully saturated rings. The summed E-state index contributed by atoms with van der Waals surface area (Å²) in [7, 11) is 0. The summed E-state index contributed by atoms with van der Waals surface area (Å²) >= 11 is 1.58. The first-order chi connectivity index (χ1) is 13.0. The van der Waals surface area contributed by atoms with Crippen LogP contribution in [0.3, 0.4) is 0 Å².